The minimum atomic E-state index is -0.501. The molecule has 136 valence electrons. The zero-order valence-corrected chi connectivity index (χ0v) is 15.8. The Labute approximate surface area is 167 Å². The van der Waals surface area contributed by atoms with Crippen LogP contribution in [0.5, 0.6) is 0 Å². The Morgan fingerprint density at radius 3 is 2.67 bits per heavy atom. The van der Waals surface area contributed by atoms with Gasteiger partial charge in [0, 0.05) is 16.7 Å². The first kappa shape index (κ1) is 19.1. The standard InChI is InChI=1S/C17H10Cl2N4O3S/c18-12-6-5-11(13(19)8-12)9-20-22-17-21-16(24)15(27-17)7-10-3-1-2-4-14(10)23(25)26/h1-9H,(H,21,22,24)/b15-7-,20-9?. The van der Waals surface area contributed by atoms with E-state index in [1.54, 1.807) is 36.4 Å². The van der Waals surface area contributed by atoms with Crippen LogP contribution in [0.15, 0.2) is 57.6 Å². The molecule has 7 nitrogen and oxygen atoms in total. The van der Waals surface area contributed by atoms with Gasteiger partial charge >= 0.3 is 0 Å². The molecule has 1 amide bonds. The number of hydrogen-bond acceptors (Lipinski definition) is 6. The number of nitro groups is 1. The molecule has 0 bridgehead atoms. The van der Waals surface area contributed by atoms with E-state index in [-0.39, 0.29) is 15.8 Å². The predicted molar refractivity (Wildman–Crippen MR) is 108 cm³/mol. The van der Waals surface area contributed by atoms with Crippen molar-refractivity contribution in [3.63, 3.8) is 0 Å². The Morgan fingerprint density at radius 1 is 1.15 bits per heavy atom. The predicted octanol–water partition coefficient (Wildman–Crippen LogP) is 4.50. The van der Waals surface area contributed by atoms with Crippen LogP contribution in [0.1, 0.15) is 11.1 Å². The number of benzene rings is 2. The highest BCUT2D eigenvalue weighted by Gasteiger charge is 2.25. The van der Waals surface area contributed by atoms with Crippen molar-refractivity contribution in [2.75, 3.05) is 0 Å². The molecule has 10 heteroatoms. The third-order valence-corrected chi connectivity index (χ3v) is 4.84. The molecule has 0 saturated carbocycles. The number of thioether (sulfide) groups is 1. The van der Waals surface area contributed by atoms with Gasteiger partial charge in [0.15, 0.2) is 5.17 Å². The molecule has 0 spiro atoms. The maximum absolute atomic E-state index is 12.1. The first-order valence-corrected chi connectivity index (χ1v) is 9.01. The lowest BCUT2D eigenvalue weighted by Gasteiger charge is -1.97. The quantitative estimate of drug-likeness (QED) is 0.340. The van der Waals surface area contributed by atoms with Gasteiger partial charge in [-0.05, 0) is 36.0 Å². The summed E-state index contributed by atoms with van der Waals surface area (Å²) in [6, 6.07) is 11.1. The number of para-hydroxylation sites is 1. The number of nitrogens with zero attached hydrogens (tertiary/aromatic N) is 3. The van der Waals surface area contributed by atoms with Gasteiger partial charge in [0.1, 0.15) is 0 Å². The van der Waals surface area contributed by atoms with E-state index < -0.39 is 10.8 Å². The van der Waals surface area contributed by atoms with E-state index in [0.29, 0.717) is 21.2 Å². The van der Waals surface area contributed by atoms with Gasteiger partial charge < -0.3 is 0 Å². The molecule has 0 aliphatic carbocycles. The number of amidine groups is 1. The number of hydrogen-bond donors (Lipinski definition) is 1. The van der Waals surface area contributed by atoms with Crippen molar-refractivity contribution in [1.82, 2.24) is 5.32 Å². The van der Waals surface area contributed by atoms with E-state index in [2.05, 4.69) is 15.5 Å². The van der Waals surface area contributed by atoms with Gasteiger partial charge in [-0.3, -0.25) is 20.2 Å². The lowest BCUT2D eigenvalue weighted by Crippen LogP contribution is -2.19. The summed E-state index contributed by atoms with van der Waals surface area (Å²) in [4.78, 5) is 22.9. The van der Waals surface area contributed by atoms with Crippen LogP contribution >= 0.6 is 35.0 Å². The summed E-state index contributed by atoms with van der Waals surface area (Å²) in [6.45, 7) is 0. The maximum atomic E-state index is 12.1. The third-order valence-electron chi connectivity index (χ3n) is 3.38. The molecule has 0 aromatic heterocycles. The molecule has 1 saturated heterocycles. The topological polar surface area (TPSA) is 97.0 Å². The van der Waals surface area contributed by atoms with Crippen LogP contribution in [-0.4, -0.2) is 22.2 Å². The summed E-state index contributed by atoms with van der Waals surface area (Å²) < 4.78 is 0. The second kappa shape index (κ2) is 8.34. The van der Waals surface area contributed by atoms with E-state index in [0.717, 1.165) is 11.8 Å². The fourth-order valence-corrected chi connectivity index (χ4v) is 3.37. The number of carbonyl (C=O) groups is 1. The van der Waals surface area contributed by atoms with Crippen molar-refractivity contribution < 1.29 is 9.72 Å². The molecule has 1 aliphatic rings. The molecule has 2 aromatic carbocycles. The zero-order chi connectivity index (χ0) is 19.4. The molecular formula is C17H10Cl2N4O3S. The van der Waals surface area contributed by atoms with Crippen LogP contribution in [0.3, 0.4) is 0 Å². The lowest BCUT2D eigenvalue weighted by atomic mass is 10.1. The van der Waals surface area contributed by atoms with E-state index in [1.807, 2.05) is 0 Å². The van der Waals surface area contributed by atoms with Gasteiger partial charge in [0.25, 0.3) is 11.6 Å². The summed E-state index contributed by atoms with van der Waals surface area (Å²) in [5, 5.41) is 22.6. The molecule has 3 rings (SSSR count). The number of amides is 1. The van der Waals surface area contributed by atoms with Gasteiger partial charge in [-0.2, -0.15) is 5.10 Å². The van der Waals surface area contributed by atoms with Crippen LogP contribution in [0.25, 0.3) is 6.08 Å². The monoisotopic (exact) mass is 420 g/mol. The minimum absolute atomic E-state index is 0.0841. The Kier molecular flexibility index (Phi) is 5.90. The molecule has 1 aliphatic heterocycles. The second-order valence-corrected chi connectivity index (χ2v) is 7.07. The van der Waals surface area contributed by atoms with Crippen molar-refractivity contribution in [2.24, 2.45) is 10.2 Å². The number of carbonyl (C=O) groups excluding carboxylic acids is 1. The SMILES string of the molecule is O=C1NC(=NN=Cc2ccc(Cl)cc2Cl)S/C1=C\c1ccccc1[N+](=O)[O-]. The van der Waals surface area contributed by atoms with Crippen molar-refractivity contribution in [3.05, 3.63) is 78.7 Å². The van der Waals surface area contributed by atoms with E-state index >= 15 is 0 Å². The summed E-state index contributed by atoms with van der Waals surface area (Å²) in [5.41, 5.74) is 0.868. The Balaban J connectivity index is 1.78. The number of nitro benzene ring substituents is 1. The van der Waals surface area contributed by atoms with Gasteiger partial charge in [-0.1, -0.05) is 41.4 Å². The summed E-state index contributed by atoms with van der Waals surface area (Å²) in [5.74, 6) is -0.406. The third kappa shape index (κ3) is 4.73. The Hall–Kier alpha value is -2.68. The van der Waals surface area contributed by atoms with Crippen molar-refractivity contribution in [2.45, 2.75) is 0 Å². The van der Waals surface area contributed by atoms with Gasteiger partial charge in [0.05, 0.1) is 26.6 Å². The van der Waals surface area contributed by atoms with Crippen molar-refractivity contribution in [1.29, 1.82) is 0 Å². The highest BCUT2D eigenvalue weighted by Crippen LogP contribution is 2.29. The first-order chi connectivity index (χ1) is 12.9. The fraction of sp³-hybridized carbons (Fsp3) is 0. The number of nitrogens with one attached hydrogen (secondary N) is 1. The molecule has 1 heterocycles. The fourth-order valence-electron chi connectivity index (χ4n) is 2.14. The highest BCUT2D eigenvalue weighted by molar-refractivity contribution is 8.18. The van der Waals surface area contributed by atoms with Crippen molar-refractivity contribution >= 4 is 64.0 Å². The highest BCUT2D eigenvalue weighted by atomic mass is 35.5. The van der Waals surface area contributed by atoms with Crippen molar-refractivity contribution in [3.8, 4) is 0 Å². The smallest absolute Gasteiger partial charge is 0.276 e. The van der Waals surface area contributed by atoms with E-state index in [4.69, 9.17) is 23.2 Å². The minimum Gasteiger partial charge on any atom is -0.299 e. The van der Waals surface area contributed by atoms with Gasteiger partial charge in [-0.25, -0.2) is 0 Å². The largest absolute Gasteiger partial charge is 0.299 e. The Bertz CT molecular complexity index is 1020. The van der Waals surface area contributed by atoms with Gasteiger partial charge in [0.2, 0.25) is 0 Å². The van der Waals surface area contributed by atoms with Crippen LogP contribution < -0.4 is 5.32 Å². The van der Waals surface area contributed by atoms with Gasteiger partial charge in [-0.15, -0.1) is 5.10 Å². The van der Waals surface area contributed by atoms with Crippen LogP contribution in [-0.2, 0) is 4.79 Å². The molecule has 1 N–H and O–H groups in total. The average Bonchev–Trinajstić information content (AvgIpc) is 2.96. The Morgan fingerprint density at radius 2 is 1.93 bits per heavy atom. The molecule has 2 aromatic rings. The maximum Gasteiger partial charge on any atom is 0.276 e. The molecule has 0 unspecified atom stereocenters. The zero-order valence-electron chi connectivity index (χ0n) is 13.4. The van der Waals surface area contributed by atoms with E-state index in [9.17, 15) is 14.9 Å². The van der Waals surface area contributed by atoms with Crippen LogP contribution in [0.4, 0.5) is 5.69 Å². The summed E-state index contributed by atoms with van der Waals surface area (Å²) in [6.07, 6.45) is 2.88. The molecular weight excluding hydrogens is 411 g/mol. The summed E-state index contributed by atoms with van der Waals surface area (Å²) in [7, 11) is 0. The molecule has 0 atom stereocenters. The summed E-state index contributed by atoms with van der Waals surface area (Å²) >= 11 is 12.9. The second-order valence-electron chi connectivity index (χ2n) is 5.20. The van der Waals surface area contributed by atoms with Crippen LogP contribution in [0, 0.1) is 10.1 Å². The molecule has 0 radical (unpaired) electrons. The number of rotatable bonds is 4. The van der Waals surface area contributed by atoms with Crippen LogP contribution in [0.2, 0.25) is 10.0 Å². The number of halogens is 2. The average molecular weight is 421 g/mol. The first-order valence-electron chi connectivity index (χ1n) is 7.44. The lowest BCUT2D eigenvalue weighted by molar-refractivity contribution is -0.385. The van der Waals surface area contributed by atoms with E-state index in [1.165, 1.54) is 18.4 Å². The molecule has 1 fully saturated rings. The normalized spacial score (nSPS) is 17.0. The molecule has 27 heavy (non-hydrogen) atoms.